The van der Waals surface area contributed by atoms with Crippen LogP contribution in [-0.2, 0) is 19.6 Å². The molecule has 1 fully saturated rings. The van der Waals surface area contributed by atoms with Crippen LogP contribution in [0.1, 0.15) is 33.6 Å². The number of nitrogens with one attached hydrogen (secondary N) is 1. The lowest BCUT2D eigenvalue weighted by atomic mass is 9.90. The van der Waals surface area contributed by atoms with Gasteiger partial charge in [-0.1, -0.05) is 0 Å². The Hall–Kier alpha value is -2.33. The molecule has 2 N–H and O–H groups in total. The molecule has 1 aromatic carbocycles. The molecule has 1 aliphatic heterocycles. The SMILES string of the molecule is COc1ccc(S(=O)(=O)N[C@@H](C(=O)O)C2CCN(C(=O)OC(C)(C)C)CC2)cc1. The Labute approximate surface area is 171 Å². The smallest absolute Gasteiger partial charge is 0.410 e. The Bertz CT molecular complexity index is 823. The number of nitrogens with zero attached hydrogens (tertiary/aromatic N) is 1. The van der Waals surface area contributed by atoms with Gasteiger partial charge in [0.25, 0.3) is 0 Å². The lowest BCUT2D eigenvalue weighted by molar-refractivity contribution is -0.140. The minimum absolute atomic E-state index is 0.0456. The van der Waals surface area contributed by atoms with Gasteiger partial charge < -0.3 is 19.5 Å². The second-order valence-corrected chi connectivity index (χ2v) is 9.63. The summed E-state index contributed by atoms with van der Waals surface area (Å²) >= 11 is 0. The van der Waals surface area contributed by atoms with E-state index in [-0.39, 0.29) is 4.90 Å². The number of benzene rings is 1. The number of hydrogen-bond donors (Lipinski definition) is 2. The normalized spacial score (nSPS) is 16.9. The first-order valence-electron chi connectivity index (χ1n) is 9.30. The van der Waals surface area contributed by atoms with Gasteiger partial charge >= 0.3 is 12.1 Å². The highest BCUT2D eigenvalue weighted by Gasteiger charge is 2.36. The minimum atomic E-state index is -4.02. The van der Waals surface area contributed by atoms with E-state index in [1.807, 2.05) is 0 Å². The molecular weight excluding hydrogens is 400 g/mol. The van der Waals surface area contributed by atoms with Crippen LogP contribution in [0, 0.1) is 5.92 Å². The Morgan fingerprint density at radius 2 is 1.72 bits per heavy atom. The molecule has 0 bridgehead atoms. The van der Waals surface area contributed by atoms with Crippen molar-refractivity contribution >= 4 is 22.1 Å². The van der Waals surface area contributed by atoms with Gasteiger partial charge in [0.1, 0.15) is 17.4 Å². The van der Waals surface area contributed by atoms with Crippen LogP contribution in [0.15, 0.2) is 29.2 Å². The van der Waals surface area contributed by atoms with Gasteiger partial charge in [0.2, 0.25) is 10.0 Å². The number of ether oxygens (including phenoxy) is 2. The molecule has 1 aromatic rings. The van der Waals surface area contributed by atoms with E-state index in [0.717, 1.165) is 0 Å². The zero-order valence-electron chi connectivity index (χ0n) is 17.0. The second kappa shape index (κ2) is 9.00. The van der Waals surface area contributed by atoms with Gasteiger partial charge in [-0.2, -0.15) is 4.72 Å². The zero-order chi connectivity index (χ0) is 21.8. The predicted molar refractivity (Wildman–Crippen MR) is 105 cm³/mol. The number of aliphatic carboxylic acids is 1. The van der Waals surface area contributed by atoms with Crippen molar-refractivity contribution in [3.63, 3.8) is 0 Å². The van der Waals surface area contributed by atoms with Crippen molar-refractivity contribution in [1.82, 2.24) is 9.62 Å². The van der Waals surface area contributed by atoms with Crippen LogP contribution < -0.4 is 9.46 Å². The molecule has 0 unspecified atom stereocenters. The largest absolute Gasteiger partial charge is 0.497 e. The first kappa shape index (κ1) is 23.0. The van der Waals surface area contributed by atoms with Crippen LogP contribution in [0.2, 0.25) is 0 Å². The van der Waals surface area contributed by atoms with E-state index in [0.29, 0.717) is 31.7 Å². The van der Waals surface area contributed by atoms with Crippen molar-refractivity contribution in [1.29, 1.82) is 0 Å². The zero-order valence-corrected chi connectivity index (χ0v) is 17.9. The maximum absolute atomic E-state index is 12.6. The minimum Gasteiger partial charge on any atom is -0.497 e. The Balaban J connectivity index is 2.05. The average Bonchev–Trinajstić information content (AvgIpc) is 2.65. The summed E-state index contributed by atoms with van der Waals surface area (Å²) in [5.74, 6) is -1.20. The van der Waals surface area contributed by atoms with Crippen LogP contribution >= 0.6 is 0 Å². The molecule has 0 aromatic heterocycles. The topological polar surface area (TPSA) is 122 Å². The van der Waals surface area contributed by atoms with Crippen LogP contribution in [0.3, 0.4) is 0 Å². The summed E-state index contributed by atoms with van der Waals surface area (Å²) in [6.07, 6.45) is 0.240. The number of carboxylic acid groups (broad SMARTS) is 1. The van der Waals surface area contributed by atoms with Gasteiger partial charge in [-0.05, 0) is 63.8 Å². The van der Waals surface area contributed by atoms with Crippen LogP contribution in [0.5, 0.6) is 5.75 Å². The molecule has 162 valence electrons. The monoisotopic (exact) mass is 428 g/mol. The molecule has 0 spiro atoms. The summed E-state index contributed by atoms with van der Waals surface area (Å²) in [4.78, 5) is 25.4. The van der Waals surface area contributed by atoms with Gasteiger partial charge in [0, 0.05) is 13.1 Å². The van der Waals surface area contributed by atoms with Crippen LogP contribution in [0.4, 0.5) is 4.79 Å². The molecule has 10 heteroatoms. The third-order valence-corrected chi connectivity index (χ3v) is 6.04. The number of methoxy groups -OCH3 is 1. The summed E-state index contributed by atoms with van der Waals surface area (Å²) < 4.78 is 37.9. The van der Waals surface area contributed by atoms with Gasteiger partial charge in [0.05, 0.1) is 12.0 Å². The van der Waals surface area contributed by atoms with E-state index >= 15 is 0 Å². The number of piperidine rings is 1. The molecule has 0 radical (unpaired) electrons. The fourth-order valence-corrected chi connectivity index (χ4v) is 4.34. The molecule has 1 aliphatic rings. The van der Waals surface area contributed by atoms with Crippen molar-refractivity contribution in [3.05, 3.63) is 24.3 Å². The van der Waals surface area contributed by atoms with E-state index in [1.165, 1.54) is 36.3 Å². The van der Waals surface area contributed by atoms with Crippen molar-refractivity contribution in [3.8, 4) is 5.75 Å². The molecule has 1 amide bonds. The molecule has 1 saturated heterocycles. The van der Waals surface area contributed by atoms with E-state index in [9.17, 15) is 23.1 Å². The van der Waals surface area contributed by atoms with Crippen LogP contribution in [0.25, 0.3) is 0 Å². The summed E-state index contributed by atoms with van der Waals surface area (Å²) in [6, 6.07) is 4.40. The standard InChI is InChI=1S/C19H28N2O7S/c1-19(2,3)28-18(24)21-11-9-13(10-12-21)16(17(22)23)20-29(25,26)15-7-5-14(27-4)6-8-15/h5-8,13,16,20H,9-12H2,1-4H3,(H,22,23)/t16-/m1/s1. The molecule has 2 rings (SSSR count). The van der Waals surface area contributed by atoms with E-state index < -0.39 is 39.6 Å². The Morgan fingerprint density at radius 1 is 1.17 bits per heavy atom. The summed E-state index contributed by atoms with van der Waals surface area (Å²) in [5.41, 5.74) is -0.620. The highest BCUT2D eigenvalue weighted by atomic mass is 32.2. The lowest BCUT2D eigenvalue weighted by Crippen LogP contribution is -2.50. The highest BCUT2D eigenvalue weighted by Crippen LogP contribution is 2.24. The van der Waals surface area contributed by atoms with Gasteiger partial charge in [-0.3, -0.25) is 4.79 Å². The van der Waals surface area contributed by atoms with Gasteiger partial charge in [-0.25, -0.2) is 13.2 Å². The van der Waals surface area contributed by atoms with Crippen LogP contribution in [-0.4, -0.2) is 62.3 Å². The Morgan fingerprint density at radius 3 is 2.17 bits per heavy atom. The first-order chi connectivity index (χ1) is 13.4. The number of amides is 1. The van der Waals surface area contributed by atoms with E-state index in [1.54, 1.807) is 20.8 Å². The molecule has 9 nitrogen and oxygen atoms in total. The number of carboxylic acids is 1. The van der Waals surface area contributed by atoms with E-state index in [2.05, 4.69) is 4.72 Å². The molecule has 1 heterocycles. The molecule has 1 atom stereocenters. The lowest BCUT2D eigenvalue weighted by Gasteiger charge is -2.35. The molecule has 0 aliphatic carbocycles. The van der Waals surface area contributed by atoms with Gasteiger partial charge in [-0.15, -0.1) is 0 Å². The second-order valence-electron chi connectivity index (χ2n) is 7.92. The number of carbonyl (C=O) groups is 2. The number of carbonyl (C=O) groups excluding carboxylic acids is 1. The third kappa shape index (κ3) is 6.33. The summed E-state index contributed by atoms with van der Waals surface area (Å²) in [7, 11) is -2.56. The Kier molecular flexibility index (Phi) is 7.12. The molecular formula is C19H28N2O7S. The number of likely N-dealkylation sites (tertiary alicyclic amines) is 1. The van der Waals surface area contributed by atoms with E-state index in [4.69, 9.17) is 9.47 Å². The summed E-state index contributed by atoms with van der Waals surface area (Å²) in [6.45, 7) is 5.91. The fraction of sp³-hybridized carbons (Fsp3) is 0.579. The quantitative estimate of drug-likeness (QED) is 0.711. The van der Waals surface area contributed by atoms with Gasteiger partial charge in [0.15, 0.2) is 0 Å². The number of sulfonamides is 1. The van der Waals surface area contributed by atoms with Crippen molar-refractivity contribution in [2.45, 2.75) is 50.2 Å². The maximum Gasteiger partial charge on any atom is 0.410 e. The maximum atomic E-state index is 12.6. The van der Waals surface area contributed by atoms with Crippen molar-refractivity contribution < 1.29 is 32.6 Å². The number of rotatable bonds is 6. The van der Waals surface area contributed by atoms with Crippen molar-refractivity contribution in [2.24, 2.45) is 5.92 Å². The summed E-state index contributed by atoms with van der Waals surface area (Å²) in [5, 5.41) is 9.59. The fourth-order valence-electron chi connectivity index (χ4n) is 3.08. The highest BCUT2D eigenvalue weighted by molar-refractivity contribution is 7.89. The number of hydrogen-bond acceptors (Lipinski definition) is 6. The third-order valence-electron chi connectivity index (χ3n) is 4.58. The predicted octanol–water partition coefficient (Wildman–Crippen LogP) is 2.07. The van der Waals surface area contributed by atoms with Crippen molar-refractivity contribution in [2.75, 3.05) is 20.2 Å². The first-order valence-corrected chi connectivity index (χ1v) is 10.8. The molecule has 0 saturated carbocycles. The molecule has 29 heavy (non-hydrogen) atoms. The average molecular weight is 429 g/mol.